The van der Waals surface area contributed by atoms with Crippen molar-refractivity contribution in [3.8, 4) is 0 Å². The van der Waals surface area contributed by atoms with Gasteiger partial charge in [0.2, 0.25) is 0 Å². The Labute approximate surface area is 122 Å². The summed E-state index contributed by atoms with van der Waals surface area (Å²) in [6, 6.07) is 10.9. The van der Waals surface area contributed by atoms with Gasteiger partial charge in [0.05, 0.1) is 0 Å². The van der Waals surface area contributed by atoms with Gasteiger partial charge in [0.25, 0.3) is 0 Å². The van der Waals surface area contributed by atoms with Gasteiger partial charge in [-0.3, -0.25) is 4.79 Å². The van der Waals surface area contributed by atoms with E-state index in [2.05, 4.69) is 31.9 Å². The normalized spacial score (nSPS) is 10.4. The molecule has 0 saturated heterocycles. The number of carbonyl (C=O) groups excluding carboxylic acids is 1. The van der Waals surface area contributed by atoms with Crippen molar-refractivity contribution in [2.75, 3.05) is 5.73 Å². The van der Waals surface area contributed by atoms with Crippen molar-refractivity contribution < 1.29 is 4.79 Å². The van der Waals surface area contributed by atoms with Gasteiger partial charge < -0.3 is 5.73 Å². The molecule has 0 bridgehead atoms. The third kappa shape index (κ3) is 2.65. The summed E-state index contributed by atoms with van der Waals surface area (Å²) in [7, 11) is 0. The molecule has 18 heavy (non-hydrogen) atoms. The number of aryl methyl sites for hydroxylation is 1. The molecule has 0 aliphatic rings. The summed E-state index contributed by atoms with van der Waals surface area (Å²) >= 11 is 6.75. The van der Waals surface area contributed by atoms with Crippen LogP contribution in [0, 0.1) is 6.92 Å². The summed E-state index contributed by atoms with van der Waals surface area (Å²) in [5.41, 5.74) is 8.70. The van der Waals surface area contributed by atoms with Gasteiger partial charge in [0.15, 0.2) is 5.78 Å². The maximum absolute atomic E-state index is 12.4. The first-order valence-corrected chi connectivity index (χ1v) is 6.93. The number of hydrogen-bond donors (Lipinski definition) is 1. The number of rotatable bonds is 2. The monoisotopic (exact) mass is 367 g/mol. The van der Waals surface area contributed by atoms with Gasteiger partial charge in [0.1, 0.15) is 0 Å². The fraction of sp³-hybridized carbons (Fsp3) is 0.0714. The zero-order valence-corrected chi connectivity index (χ0v) is 12.9. The van der Waals surface area contributed by atoms with Crippen LogP contribution in [0.15, 0.2) is 45.3 Å². The fourth-order valence-corrected chi connectivity index (χ4v) is 2.68. The standard InChI is InChI=1S/C14H11Br2NO/c1-8-2-4-10(11(15)6-8)14(18)9-3-5-13(17)12(16)7-9/h2-7H,17H2,1H3. The minimum absolute atomic E-state index is 0.0254. The number of benzene rings is 2. The van der Waals surface area contributed by atoms with Crippen molar-refractivity contribution in [3.63, 3.8) is 0 Å². The van der Waals surface area contributed by atoms with Gasteiger partial charge in [-0.1, -0.05) is 22.0 Å². The zero-order chi connectivity index (χ0) is 13.3. The van der Waals surface area contributed by atoms with E-state index in [-0.39, 0.29) is 5.78 Å². The van der Waals surface area contributed by atoms with E-state index in [1.54, 1.807) is 18.2 Å². The van der Waals surface area contributed by atoms with Crippen LogP contribution in [-0.2, 0) is 0 Å². The Morgan fingerprint density at radius 2 is 1.78 bits per heavy atom. The Hall–Kier alpha value is -1.13. The molecule has 2 rings (SSSR count). The van der Waals surface area contributed by atoms with E-state index in [4.69, 9.17) is 5.73 Å². The van der Waals surface area contributed by atoms with Crippen LogP contribution in [0.1, 0.15) is 21.5 Å². The molecule has 2 aromatic rings. The maximum Gasteiger partial charge on any atom is 0.194 e. The van der Waals surface area contributed by atoms with E-state index in [0.717, 1.165) is 14.5 Å². The molecular weight excluding hydrogens is 358 g/mol. The Bertz CT molecular complexity index is 623. The molecule has 0 unspecified atom stereocenters. The lowest BCUT2D eigenvalue weighted by molar-refractivity contribution is 0.103. The number of ketones is 1. The highest BCUT2D eigenvalue weighted by molar-refractivity contribution is 9.11. The lowest BCUT2D eigenvalue weighted by atomic mass is 10.0. The molecule has 0 aliphatic heterocycles. The predicted octanol–water partition coefficient (Wildman–Crippen LogP) is 4.33. The smallest absolute Gasteiger partial charge is 0.194 e. The highest BCUT2D eigenvalue weighted by atomic mass is 79.9. The summed E-state index contributed by atoms with van der Waals surface area (Å²) in [6.45, 7) is 1.98. The highest BCUT2D eigenvalue weighted by Crippen LogP contribution is 2.25. The van der Waals surface area contributed by atoms with Crippen LogP contribution < -0.4 is 5.73 Å². The molecule has 4 heteroatoms. The molecule has 0 heterocycles. The molecule has 0 spiro atoms. The second kappa shape index (κ2) is 5.24. The molecule has 0 fully saturated rings. The molecule has 2 nitrogen and oxygen atoms in total. The third-order valence-electron chi connectivity index (χ3n) is 2.63. The first-order chi connectivity index (χ1) is 8.49. The van der Waals surface area contributed by atoms with E-state index in [1.807, 2.05) is 25.1 Å². The Morgan fingerprint density at radius 1 is 1.06 bits per heavy atom. The van der Waals surface area contributed by atoms with Crippen LogP contribution in [0.3, 0.4) is 0 Å². The maximum atomic E-state index is 12.4. The van der Waals surface area contributed by atoms with Crippen LogP contribution in [0.25, 0.3) is 0 Å². The van der Waals surface area contributed by atoms with Crippen molar-refractivity contribution in [3.05, 3.63) is 62.0 Å². The largest absolute Gasteiger partial charge is 0.398 e. The molecule has 0 aliphatic carbocycles. The number of nitrogens with two attached hydrogens (primary N) is 1. The van der Waals surface area contributed by atoms with Gasteiger partial charge in [-0.15, -0.1) is 0 Å². The molecule has 92 valence electrons. The first kappa shape index (κ1) is 13.3. The van der Waals surface area contributed by atoms with Crippen molar-refractivity contribution in [1.82, 2.24) is 0 Å². The number of hydrogen-bond acceptors (Lipinski definition) is 2. The summed E-state index contributed by atoms with van der Waals surface area (Å²) in [5, 5.41) is 0. The van der Waals surface area contributed by atoms with Crippen molar-refractivity contribution in [1.29, 1.82) is 0 Å². The second-order valence-electron chi connectivity index (χ2n) is 4.05. The van der Waals surface area contributed by atoms with Crippen molar-refractivity contribution in [2.45, 2.75) is 6.92 Å². The van der Waals surface area contributed by atoms with E-state index in [9.17, 15) is 4.79 Å². The quantitative estimate of drug-likeness (QED) is 0.633. The van der Waals surface area contributed by atoms with Gasteiger partial charge in [0, 0.05) is 25.8 Å². The summed E-state index contributed by atoms with van der Waals surface area (Å²) in [6.07, 6.45) is 0. The molecule has 0 atom stereocenters. The third-order valence-corrected chi connectivity index (χ3v) is 3.97. The van der Waals surface area contributed by atoms with Crippen molar-refractivity contribution in [2.24, 2.45) is 0 Å². The second-order valence-corrected chi connectivity index (χ2v) is 5.76. The van der Waals surface area contributed by atoms with Gasteiger partial charge in [-0.2, -0.15) is 0 Å². The number of nitrogen functional groups attached to an aromatic ring is 1. The van der Waals surface area contributed by atoms with Crippen LogP contribution >= 0.6 is 31.9 Å². The van der Waals surface area contributed by atoms with Crippen LogP contribution in [-0.4, -0.2) is 5.78 Å². The average Bonchev–Trinajstić information content (AvgIpc) is 2.32. The lowest BCUT2D eigenvalue weighted by Gasteiger charge is -2.06. The predicted molar refractivity (Wildman–Crippen MR) is 80.9 cm³/mol. The molecule has 2 aromatic carbocycles. The summed E-state index contributed by atoms with van der Waals surface area (Å²) in [4.78, 5) is 12.4. The van der Waals surface area contributed by atoms with E-state index >= 15 is 0 Å². The van der Waals surface area contributed by atoms with E-state index < -0.39 is 0 Å². The van der Waals surface area contributed by atoms with Crippen molar-refractivity contribution >= 4 is 43.3 Å². The first-order valence-electron chi connectivity index (χ1n) is 5.35. The minimum Gasteiger partial charge on any atom is -0.398 e. The van der Waals surface area contributed by atoms with Gasteiger partial charge >= 0.3 is 0 Å². The Morgan fingerprint density at radius 3 is 2.39 bits per heavy atom. The average molecular weight is 369 g/mol. The van der Waals surface area contributed by atoms with Crippen LogP contribution in [0.2, 0.25) is 0 Å². The molecular formula is C14H11Br2NO. The molecule has 0 saturated carbocycles. The fourth-order valence-electron chi connectivity index (χ4n) is 1.63. The molecule has 2 N–H and O–H groups in total. The van der Waals surface area contributed by atoms with Crippen LogP contribution in [0.5, 0.6) is 0 Å². The SMILES string of the molecule is Cc1ccc(C(=O)c2ccc(N)c(Br)c2)c(Br)c1. The Kier molecular flexibility index (Phi) is 3.88. The number of carbonyl (C=O) groups is 1. The lowest BCUT2D eigenvalue weighted by Crippen LogP contribution is -2.03. The van der Waals surface area contributed by atoms with E-state index in [1.165, 1.54) is 0 Å². The number of halogens is 2. The number of anilines is 1. The van der Waals surface area contributed by atoms with E-state index in [0.29, 0.717) is 16.8 Å². The molecule has 0 radical (unpaired) electrons. The highest BCUT2D eigenvalue weighted by Gasteiger charge is 2.13. The molecule has 0 aromatic heterocycles. The summed E-state index contributed by atoms with van der Waals surface area (Å²) < 4.78 is 1.54. The topological polar surface area (TPSA) is 43.1 Å². The van der Waals surface area contributed by atoms with Crippen LogP contribution in [0.4, 0.5) is 5.69 Å². The van der Waals surface area contributed by atoms with Gasteiger partial charge in [-0.05, 0) is 58.7 Å². The summed E-state index contributed by atoms with van der Waals surface area (Å²) in [5.74, 6) is -0.0254. The molecule has 0 amide bonds. The zero-order valence-electron chi connectivity index (χ0n) is 9.71. The minimum atomic E-state index is -0.0254. The van der Waals surface area contributed by atoms with Gasteiger partial charge in [-0.25, -0.2) is 0 Å². The Balaban J connectivity index is 2.44.